The molecule has 5 heteroatoms. The molecule has 0 saturated carbocycles. The second-order valence-corrected chi connectivity index (χ2v) is 5.03. The maximum Gasteiger partial charge on any atom is 0.323 e. The van der Waals surface area contributed by atoms with Crippen LogP contribution in [0.3, 0.4) is 0 Å². The monoisotopic (exact) mass is 295 g/mol. The van der Waals surface area contributed by atoms with Gasteiger partial charge in [-0.2, -0.15) is 0 Å². The third kappa shape index (κ3) is 5.63. The Kier molecular flexibility index (Phi) is 7.02. The first-order chi connectivity index (χ1) is 10.0. The Morgan fingerprint density at radius 1 is 1.29 bits per heavy atom. The minimum absolute atomic E-state index is 0.476. The second kappa shape index (κ2) is 8.52. The van der Waals surface area contributed by atoms with E-state index in [-0.39, 0.29) is 0 Å². The highest BCUT2D eigenvalue weighted by molar-refractivity contribution is 5.78. The normalized spacial score (nSPS) is 13.5. The van der Waals surface area contributed by atoms with Gasteiger partial charge in [0.15, 0.2) is 0 Å². The Morgan fingerprint density at radius 2 is 1.95 bits per heavy atom. The molecular formula is C16H25NO4. The van der Waals surface area contributed by atoms with Gasteiger partial charge in [-0.15, -0.1) is 0 Å². The van der Waals surface area contributed by atoms with Gasteiger partial charge in [0.25, 0.3) is 0 Å². The summed E-state index contributed by atoms with van der Waals surface area (Å²) in [5.41, 5.74) is -0.898. The number of likely N-dealkylation sites (N-methyl/N-ethyl adjacent to an activating group) is 1. The Morgan fingerprint density at radius 3 is 2.52 bits per heavy atom. The van der Waals surface area contributed by atoms with Crippen LogP contribution in [0.15, 0.2) is 24.3 Å². The molecule has 0 spiro atoms. The average Bonchev–Trinajstić information content (AvgIpc) is 2.45. The highest BCUT2D eigenvalue weighted by Gasteiger charge is 2.31. The van der Waals surface area contributed by atoms with Crippen LogP contribution in [-0.2, 0) is 4.79 Å². The Balaban J connectivity index is 2.42. The first-order valence-electron chi connectivity index (χ1n) is 7.36. The lowest BCUT2D eigenvalue weighted by molar-refractivity contribution is -0.144. The van der Waals surface area contributed by atoms with Crippen molar-refractivity contribution >= 4 is 5.97 Å². The molecule has 0 fully saturated rings. The molecule has 0 aliphatic rings. The summed E-state index contributed by atoms with van der Waals surface area (Å²) >= 11 is 0. The molecule has 0 saturated heterocycles. The summed E-state index contributed by atoms with van der Waals surface area (Å²) in [4.78, 5) is 11.3. The van der Waals surface area contributed by atoms with E-state index in [9.17, 15) is 9.90 Å². The Labute approximate surface area is 126 Å². The first kappa shape index (κ1) is 17.3. The zero-order valence-corrected chi connectivity index (χ0v) is 13.0. The molecule has 2 N–H and O–H groups in total. The highest BCUT2D eigenvalue weighted by Crippen LogP contribution is 2.20. The van der Waals surface area contributed by atoms with Gasteiger partial charge in [-0.1, -0.05) is 13.0 Å². The van der Waals surface area contributed by atoms with Gasteiger partial charge in [0.2, 0.25) is 0 Å². The molecule has 21 heavy (non-hydrogen) atoms. The first-order valence-corrected chi connectivity index (χ1v) is 7.36. The fraction of sp³-hybridized carbons (Fsp3) is 0.562. The van der Waals surface area contributed by atoms with Gasteiger partial charge < -0.3 is 19.9 Å². The zero-order valence-electron chi connectivity index (χ0n) is 13.0. The lowest BCUT2D eigenvalue weighted by Gasteiger charge is -2.25. The number of ether oxygens (including phenoxy) is 2. The fourth-order valence-corrected chi connectivity index (χ4v) is 2.10. The highest BCUT2D eigenvalue weighted by atomic mass is 16.5. The van der Waals surface area contributed by atoms with Crippen molar-refractivity contribution in [2.45, 2.75) is 39.2 Å². The third-order valence-electron chi connectivity index (χ3n) is 3.25. The molecule has 5 nitrogen and oxygen atoms in total. The number of hydrogen-bond donors (Lipinski definition) is 2. The van der Waals surface area contributed by atoms with Crippen LogP contribution in [0, 0.1) is 0 Å². The number of nitrogens with one attached hydrogen (secondary N) is 1. The summed E-state index contributed by atoms with van der Waals surface area (Å²) in [6.07, 6.45) is 1.18. The van der Waals surface area contributed by atoms with E-state index in [1.165, 1.54) is 0 Å². The largest absolute Gasteiger partial charge is 0.494 e. The lowest BCUT2D eigenvalue weighted by Crippen LogP contribution is -2.49. The van der Waals surface area contributed by atoms with Crippen molar-refractivity contribution in [1.82, 2.24) is 5.32 Å². The van der Waals surface area contributed by atoms with Crippen LogP contribution < -0.4 is 14.8 Å². The van der Waals surface area contributed by atoms with Crippen molar-refractivity contribution in [3.8, 4) is 11.5 Å². The Hall–Kier alpha value is -1.75. The van der Waals surface area contributed by atoms with Crippen molar-refractivity contribution < 1.29 is 19.4 Å². The number of carboxylic acid groups (broad SMARTS) is 1. The van der Waals surface area contributed by atoms with Gasteiger partial charge in [-0.25, -0.2) is 0 Å². The minimum atomic E-state index is -0.898. The molecule has 1 rings (SSSR count). The predicted octanol–water partition coefficient (Wildman–Crippen LogP) is 2.70. The number of carboxylic acids is 1. The van der Waals surface area contributed by atoms with E-state index in [0.29, 0.717) is 32.6 Å². The average molecular weight is 295 g/mol. The SMILES string of the molecule is CCNC(C)(CCCOc1cccc(OCC)c1)C(=O)O. The van der Waals surface area contributed by atoms with E-state index < -0.39 is 11.5 Å². The fourth-order valence-electron chi connectivity index (χ4n) is 2.10. The predicted molar refractivity (Wildman–Crippen MR) is 82.1 cm³/mol. The molecule has 1 aromatic rings. The van der Waals surface area contributed by atoms with E-state index in [1.54, 1.807) is 6.92 Å². The molecule has 1 atom stereocenters. The summed E-state index contributed by atoms with van der Waals surface area (Å²) in [5, 5.41) is 12.3. The summed E-state index contributed by atoms with van der Waals surface area (Å²) in [7, 11) is 0. The van der Waals surface area contributed by atoms with E-state index in [4.69, 9.17) is 9.47 Å². The maximum atomic E-state index is 11.3. The van der Waals surface area contributed by atoms with Gasteiger partial charge in [-0.3, -0.25) is 4.79 Å². The summed E-state index contributed by atoms with van der Waals surface area (Å²) < 4.78 is 11.0. The molecule has 0 amide bonds. The van der Waals surface area contributed by atoms with Crippen molar-refractivity contribution in [1.29, 1.82) is 0 Å². The lowest BCUT2D eigenvalue weighted by atomic mass is 9.96. The zero-order chi connectivity index (χ0) is 15.7. The molecule has 1 unspecified atom stereocenters. The maximum absolute atomic E-state index is 11.3. The number of hydrogen-bond acceptors (Lipinski definition) is 4. The molecule has 1 aromatic carbocycles. The van der Waals surface area contributed by atoms with Crippen LogP contribution in [0.1, 0.15) is 33.6 Å². The minimum Gasteiger partial charge on any atom is -0.494 e. The molecular weight excluding hydrogens is 270 g/mol. The van der Waals surface area contributed by atoms with E-state index in [2.05, 4.69) is 5.32 Å². The smallest absolute Gasteiger partial charge is 0.323 e. The summed E-state index contributed by atoms with van der Waals surface area (Å²) in [6.45, 7) is 7.25. The van der Waals surface area contributed by atoms with Crippen molar-refractivity contribution in [2.75, 3.05) is 19.8 Å². The quantitative estimate of drug-likeness (QED) is 0.650. The molecule has 118 valence electrons. The van der Waals surface area contributed by atoms with Crippen LogP contribution in [0.25, 0.3) is 0 Å². The molecule has 0 bridgehead atoms. The van der Waals surface area contributed by atoms with Gasteiger partial charge in [0, 0.05) is 6.07 Å². The molecule has 0 aromatic heterocycles. The van der Waals surface area contributed by atoms with Crippen LogP contribution in [0.4, 0.5) is 0 Å². The van der Waals surface area contributed by atoms with E-state index >= 15 is 0 Å². The summed E-state index contributed by atoms with van der Waals surface area (Å²) in [6, 6.07) is 7.46. The molecule has 0 aliphatic heterocycles. The van der Waals surface area contributed by atoms with Crippen LogP contribution >= 0.6 is 0 Å². The van der Waals surface area contributed by atoms with Gasteiger partial charge in [0.05, 0.1) is 13.2 Å². The van der Waals surface area contributed by atoms with Crippen LogP contribution in [0.2, 0.25) is 0 Å². The van der Waals surface area contributed by atoms with Gasteiger partial charge >= 0.3 is 5.97 Å². The third-order valence-corrected chi connectivity index (χ3v) is 3.25. The second-order valence-electron chi connectivity index (χ2n) is 5.03. The number of rotatable bonds is 10. The number of benzene rings is 1. The number of aliphatic carboxylic acids is 1. The van der Waals surface area contributed by atoms with E-state index in [0.717, 1.165) is 11.5 Å². The van der Waals surface area contributed by atoms with Crippen LogP contribution in [0.5, 0.6) is 11.5 Å². The number of carbonyl (C=O) groups is 1. The topological polar surface area (TPSA) is 67.8 Å². The van der Waals surface area contributed by atoms with Crippen molar-refractivity contribution in [3.05, 3.63) is 24.3 Å². The molecule has 0 aliphatic carbocycles. The van der Waals surface area contributed by atoms with Crippen molar-refractivity contribution in [2.24, 2.45) is 0 Å². The standard InChI is InChI=1S/C16H25NO4/c1-4-17-16(3,15(18)19)10-7-11-21-14-9-6-8-13(12-14)20-5-2/h6,8-9,12,17H,4-5,7,10-11H2,1-3H3,(H,18,19). The van der Waals surface area contributed by atoms with E-state index in [1.807, 2.05) is 38.1 Å². The summed E-state index contributed by atoms with van der Waals surface area (Å²) in [5.74, 6) is 0.683. The van der Waals surface area contributed by atoms with Gasteiger partial charge in [0.1, 0.15) is 17.0 Å². The molecule has 0 heterocycles. The van der Waals surface area contributed by atoms with Crippen molar-refractivity contribution in [3.63, 3.8) is 0 Å². The Bertz CT molecular complexity index is 450. The van der Waals surface area contributed by atoms with Gasteiger partial charge in [-0.05, 0) is 45.4 Å². The molecule has 0 radical (unpaired) electrons. The van der Waals surface area contributed by atoms with Crippen LogP contribution in [-0.4, -0.2) is 36.4 Å².